The highest BCUT2D eigenvalue weighted by Gasteiger charge is 2.11. The van der Waals surface area contributed by atoms with Gasteiger partial charge in [-0.05, 0) is 24.0 Å². The van der Waals surface area contributed by atoms with Gasteiger partial charge in [0.25, 0.3) is 0 Å². The quantitative estimate of drug-likeness (QED) is 0.537. The normalized spacial score (nSPS) is 10.8. The predicted molar refractivity (Wildman–Crippen MR) is 79.3 cm³/mol. The lowest BCUT2D eigenvalue weighted by atomic mass is 9.78. The van der Waals surface area contributed by atoms with Gasteiger partial charge in [-0.1, -0.05) is 6.82 Å². The fourth-order valence-electron chi connectivity index (χ4n) is 1.98. The first-order valence-electron chi connectivity index (χ1n) is 5.95. The monoisotopic (exact) mass is 267 g/mol. The molecular formula is C13H12BN4S. The number of fused-ring (bicyclic) bond motifs is 1. The van der Waals surface area contributed by atoms with Crippen molar-refractivity contribution in [2.45, 2.75) is 11.8 Å². The van der Waals surface area contributed by atoms with Crippen molar-refractivity contribution < 1.29 is 0 Å². The van der Waals surface area contributed by atoms with Gasteiger partial charge in [-0.3, -0.25) is 4.98 Å². The number of aromatic nitrogens is 4. The number of hydrogen-bond donors (Lipinski definition) is 0. The smallest absolute Gasteiger partial charge is 0.174 e. The van der Waals surface area contributed by atoms with Gasteiger partial charge in [0, 0.05) is 30.4 Å². The molecule has 0 aromatic carbocycles. The van der Waals surface area contributed by atoms with Gasteiger partial charge >= 0.3 is 0 Å². The number of nitrogens with zero attached hydrogens (tertiary/aromatic N) is 4. The molecule has 4 nitrogen and oxygen atoms in total. The predicted octanol–water partition coefficient (Wildman–Crippen LogP) is 1.89. The van der Waals surface area contributed by atoms with E-state index in [9.17, 15) is 0 Å². The topological polar surface area (TPSA) is 43.1 Å². The minimum Gasteiger partial charge on any atom is -0.309 e. The van der Waals surface area contributed by atoms with Crippen LogP contribution in [0.2, 0.25) is 6.82 Å². The lowest BCUT2D eigenvalue weighted by Crippen LogP contribution is -2.16. The number of imidazole rings is 1. The number of rotatable bonds is 3. The average Bonchev–Trinajstić information content (AvgIpc) is 2.90. The Kier molecular flexibility index (Phi) is 3.25. The van der Waals surface area contributed by atoms with Crippen molar-refractivity contribution in [2.24, 2.45) is 0 Å². The van der Waals surface area contributed by atoms with Crippen LogP contribution in [0.5, 0.6) is 0 Å². The molecule has 0 fully saturated rings. The second-order valence-corrected chi connectivity index (χ2v) is 4.84. The first-order valence-corrected chi connectivity index (χ1v) is 7.18. The number of thioether (sulfide) groups is 1. The van der Waals surface area contributed by atoms with E-state index in [0.29, 0.717) is 0 Å². The van der Waals surface area contributed by atoms with Crippen molar-refractivity contribution in [3.8, 4) is 11.3 Å². The summed E-state index contributed by atoms with van der Waals surface area (Å²) in [6, 6.07) is 3.93. The number of hydrogen-bond acceptors (Lipinski definition) is 4. The van der Waals surface area contributed by atoms with Crippen LogP contribution in [-0.4, -0.2) is 32.9 Å². The molecule has 0 atom stereocenters. The summed E-state index contributed by atoms with van der Waals surface area (Å²) in [4.78, 5) is 13.2. The first kappa shape index (κ1) is 12.2. The molecule has 6 heteroatoms. The average molecular weight is 267 g/mol. The maximum Gasteiger partial charge on any atom is 0.174 e. The van der Waals surface area contributed by atoms with Crippen LogP contribution in [0.15, 0.2) is 41.9 Å². The molecule has 0 aliphatic rings. The Hall–Kier alpha value is -1.82. The molecule has 0 amide bonds. The highest BCUT2D eigenvalue weighted by atomic mass is 32.2. The van der Waals surface area contributed by atoms with Crippen LogP contribution in [-0.2, 0) is 0 Å². The summed E-state index contributed by atoms with van der Waals surface area (Å²) in [7, 11) is 2.04. The molecule has 3 aromatic heterocycles. The van der Waals surface area contributed by atoms with Gasteiger partial charge < -0.3 is 4.40 Å². The molecule has 0 N–H and O–H groups in total. The molecule has 1 radical (unpaired) electrons. The second kappa shape index (κ2) is 5.05. The third-order valence-corrected chi connectivity index (χ3v) is 3.60. The Labute approximate surface area is 116 Å². The van der Waals surface area contributed by atoms with Crippen molar-refractivity contribution >= 4 is 30.3 Å². The van der Waals surface area contributed by atoms with Gasteiger partial charge in [-0.15, -0.1) is 11.8 Å². The van der Waals surface area contributed by atoms with Gasteiger partial charge in [0.15, 0.2) is 12.9 Å². The Morgan fingerprint density at radius 3 is 2.89 bits per heavy atom. The lowest BCUT2D eigenvalue weighted by molar-refractivity contribution is 1.05. The lowest BCUT2D eigenvalue weighted by Gasteiger charge is -2.07. The van der Waals surface area contributed by atoms with Gasteiger partial charge in [0.1, 0.15) is 5.03 Å². The van der Waals surface area contributed by atoms with Crippen LogP contribution < -0.4 is 5.59 Å². The van der Waals surface area contributed by atoms with Gasteiger partial charge in [0.05, 0.1) is 5.69 Å². The maximum atomic E-state index is 4.66. The van der Waals surface area contributed by atoms with Crippen LogP contribution in [0.25, 0.3) is 16.9 Å². The molecule has 93 valence electrons. The SMILES string of the molecule is C[B]c1cnc2c(SC)nc(-c3cccnc3)cn12. The van der Waals surface area contributed by atoms with E-state index in [-0.39, 0.29) is 0 Å². The first-order chi connectivity index (χ1) is 9.33. The van der Waals surface area contributed by atoms with Gasteiger partial charge in [-0.2, -0.15) is 0 Å². The van der Waals surface area contributed by atoms with Gasteiger partial charge in [-0.25, -0.2) is 9.97 Å². The van der Waals surface area contributed by atoms with Crippen LogP contribution in [0.1, 0.15) is 0 Å². The molecule has 19 heavy (non-hydrogen) atoms. The van der Waals surface area contributed by atoms with Crippen LogP contribution >= 0.6 is 11.8 Å². The molecule has 0 aliphatic carbocycles. The third kappa shape index (κ3) is 2.12. The van der Waals surface area contributed by atoms with Crippen molar-refractivity contribution in [3.05, 3.63) is 36.9 Å². The number of pyridine rings is 1. The fourth-order valence-corrected chi connectivity index (χ4v) is 2.51. The van der Waals surface area contributed by atoms with Crippen molar-refractivity contribution in [1.29, 1.82) is 0 Å². The van der Waals surface area contributed by atoms with Crippen molar-refractivity contribution in [1.82, 2.24) is 19.4 Å². The molecule has 0 saturated heterocycles. The summed E-state index contributed by atoms with van der Waals surface area (Å²) < 4.78 is 2.07. The summed E-state index contributed by atoms with van der Waals surface area (Å²) in [5.74, 6) is 0. The van der Waals surface area contributed by atoms with E-state index in [1.165, 1.54) is 0 Å². The molecule has 0 saturated carbocycles. The summed E-state index contributed by atoms with van der Waals surface area (Å²) in [6.07, 6.45) is 9.47. The molecule has 0 unspecified atom stereocenters. The Balaban J connectivity index is 2.26. The molecular weight excluding hydrogens is 255 g/mol. The van der Waals surface area contributed by atoms with Gasteiger partial charge in [0.2, 0.25) is 0 Å². The van der Waals surface area contributed by atoms with Crippen molar-refractivity contribution in [3.63, 3.8) is 0 Å². The van der Waals surface area contributed by atoms with Crippen LogP contribution in [0.4, 0.5) is 0 Å². The minimum atomic E-state index is 0.897. The highest BCUT2D eigenvalue weighted by molar-refractivity contribution is 7.98. The summed E-state index contributed by atoms with van der Waals surface area (Å²) in [6.45, 7) is 2.01. The van der Waals surface area contributed by atoms with E-state index in [4.69, 9.17) is 0 Å². The van der Waals surface area contributed by atoms with Crippen LogP contribution in [0, 0.1) is 0 Å². The Morgan fingerprint density at radius 1 is 1.32 bits per heavy atom. The zero-order chi connectivity index (χ0) is 13.2. The van der Waals surface area contributed by atoms with E-state index in [0.717, 1.165) is 27.5 Å². The van der Waals surface area contributed by atoms with E-state index >= 15 is 0 Å². The fraction of sp³-hybridized carbons (Fsp3) is 0.154. The summed E-state index contributed by atoms with van der Waals surface area (Å²) in [5, 5.41) is 0.925. The maximum absolute atomic E-state index is 4.66. The Bertz CT molecular complexity index is 711. The molecule has 0 aliphatic heterocycles. The zero-order valence-corrected chi connectivity index (χ0v) is 11.6. The van der Waals surface area contributed by atoms with E-state index in [2.05, 4.69) is 19.4 Å². The van der Waals surface area contributed by atoms with E-state index < -0.39 is 0 Å². The molecule has 3 rings (SSSR count). The Morgan fingerprint density at radius 2 is 2.21 bits per heavy atom. The summed E-state index contributed by atoms with van der Waals surface area (Å²) >= 11 is 1.60. The highest BCUT2D eigenvalue weighted by Crippen LogP contribution is 2.22. The largest absolute Gasteiger partial charge is 0.309 e. The standard InChI is InChI=1S/C13H12BN4S/c1-14-11-7-16-12-13(19-2)17-10(8-18(11)12)9-4-3-5-15-6-9/h3-8H,1-2H3. The molecule has 3 heterocycles. The summed E-state index contributed by atoms with van der Waals surface area (Å²) in [5.41, 5.74) is 3.88. The third-order valence-electron chi connectivity index (χ3n) is 2.94. The zero-order valence-electron chi connectivity index (χ0n) is 10.7. The van der Waals surface area contributed by atoms with Crippen LogP contribution in [0.3, 0.4) is 0 Å². The molecule has 0 spiro atoms. The second-order valence-electron chi connectivity index (χ2n) is 4.04. The minimum absolute atomic E-state index is 0.897. The molecule has 0 bridgehead atoms. The van der Waals surface area contributed by atoms with E-state index in [1.54, 1.807) is 18.0 Å². The molecule has 3 aromatic rings. The van der Waals surface area contributed by atoms with Crippen molar-refractivity contribution in [2.75, 3.05) is 6.26 Å². The van der Waals surface area contributed by atoms with E-state index in [1.807, 2.05) is 51.1 Å².